The Morgan fingerprint density at radius 2 is 2.05 bits per heavy atom. The Morgan fingerprint density at radius 1 is 1.27 bits per heavy atom. The molecule has 0 aliphatic heterocycles. The summed E-state index contributed by atoms with van der Waals surface area (Å²) < 4.78 is 0. The molecule has 0 aliphatic carbocycles. The standard InChI is InChI=1S/C16H15N3OS2/c1-10-18-15(21-8-7-14(17)20)12-9-13(22-16(12)19-10)11-5-3-2-4-6-11/h2-6,9H,7-8H2,1H3,(H2,17,20). The van der Waals surface area contributed by atoms with E-state index in [2.05, 4.69) is 28.2 Å². The molecule has 22 heavy (non-hydrogen) atoms. The van der Waals surface area contributed by atoms with Crippen molar-refractivity contribution < 1.29 is 4.79 Å². The van der Waals surface area contributed by atoms with Gasteiger partial charge in [-0.05, 0) is 18.6 Å². The summed E-state index contributed by atoms with van der Waals surface area (Å²) >= 11 is 3.22. The molecule has 0 bridgehead atoms. The van der Waals surface area contributed by atoms with Crippen LogP contribution in [0, 0.1) is 6.92 Å². The lowest BCUT2D eigenvalue weighted by molar-refractivity contribution is -0.117. The summed E-state index contributed by atoms with van der Waals surface area (Å²) in [5.41, 5.74) is 6.37. The van der Waals surface area contributed by atoms with Crippen LogP contribution in [0.5, 0.6) is 0 Å². The maximum absolute atomic E-state index is 10.9. The number of carbonyl (C=O) groups is 1. The van der Waals surface area contributed by atoms with E-state index in [0.717, 1.165) is 21.1 Å². The number of aryl methyl sites for hydroxylation is 1. The number of benzene rings is 1. The van der Waals surface area contributed by atoms with Gasteiger partial charge >= 0.3 is 0 Å². The largest absolute Gasteiger partial charge is 0.370 e. The van der Waals surface area contributed by atoms with Crippen LogP contribution in [-0.4, -0.2) is 21.6 Å². The number of nitrogens with zero attached hydrogens (tertiary/aromatic N) is 2. The fourth-order valence-corrected chi connectivity index (χ4v) is 4.25. The Morgan fingerprint density at radius 3 is 2.77 bits per heavy atom. The van der Waals surface area contributed by atoms with Gasteiger partial charge in [-0.1, -0.05) is 30.3 Å². The average Bonchev–Trinajstić information content (AvgIpc) is 2.91. The highest BCUT2D eigenvalue weighted by Gasteiger charge is 2.12. The fraction of sp³-hybridized carbons (Fsp3) is 0.188. The lowest BCUT2D eigenvalue weighted by atomic mass is 10.2. The Labute approximate surface area is 136 Å². The van der Waals surface area contributed by atoms with Crippen LogP contribution < -0.4 is 5.73 Å². The summed E-state index contributed by atoms with van der Waals surface area (Å²) in [6.45, 7) is 1.89. The van der Waals surface area contributed by atoms with Crippen LogP contribution in [0.15, 0.2) is 41.4 Å². The van der Waals surface area contributed by atoms with Crippen LogP contribution >= 0.6 is 23.1 Å². The highest BCUT2D eigenvalue weighted by atomic mass is 32.2. The molecular weight excluding hydrogens is 314 g/mol. The summed E-state index contributed by atoms with van der Waals surface area (Å²) in [6, 6.07) is 12.4. The van der Waals surface area contributed by atoms with E-state index in [4.69, 9.17) is 5.73 Å². The first-order chi connectivity index (χ1) is 10.6. The number of carbonyl (C=O) groups excluding carboxylic acids is 1. The van der Waals surface area contributed by atoms with Crippen molar-refractivity contribution in [1.29, 1.82) is 0 Å². The Hall–Kier alpha value is -1.92. The molecule has 0 spiro atoms. The number of hydrogen-bond acceptors (Lipinski definition) is 5. The first-order valence-corrected chi connectivity index (χ1v) is 8.68. The summed E-state index contributed by atoms with van der Waals surface area (Å²) in [5.74, 6) is 1.09. The zero-order valence-electron chi connectivity index (χ0n) is 12.1. The minimum absolute atomic E-state index is 0.287. The maximum Gasteiger partial charge on any atom is 0.218 e. The van der Waals surface area contributed by atoms with Gasteiger partial charge in [-0.3, -0.25) is 4.79 Å². The zero-order chi connectivity index (χ0) is 15.5. The lowest BCUT2D eigenvalue weighted by Crippen LogP contribution is -2.10. The van der Waals surface area contributed by atoms with Crippen LogP contribution in [0.2, 0.25) is 0 Å². The number of fused-ring (bicyclic) bond motifs is 1. The molecule has 0 saturated heterocycles. The molecule has 1 aromatic carbocycles. The van der Waals surface area contributed by atoms with E-state index < -0.39 is 0 Å². The van der Waals surface area contributed by atoms with Gasteiger partial charge in [-0.15, -0.1) is 23.1 Å². The monoisotopic (exact) mass is 329 g/mol. The van der Waals surface area contributed by atoms with Gasteiger partial charge in [0.25, 0.3) is 0 Å². The molecular formula is C16H15N3OS2. The van der Waals surface area contributed by atoms with Gasteiger partial charge in [0.1, 0.15) is 15.7 Å². The van der Waals surface area contributed by atoms with Gasteiger partial charge in [0.15, 0.2) is 0 Å². The van der Waals surface area contributed by atoms with Gasteiger partial charge in [0, 0.05) is 22.4 Å². The second kappa shape index (κ2) is 6.46. The molecule has 2 aromatic heterocycles. The molecule has 3 aromatic rings. The third-order valence-corrected chi connectivity index (χ3v) is 5.19. The summed E-state index contributed by atoms with van der Waals surface area (Å²) in [6.07, 6.45) is 0.352. The lowest BCUT2D eigenvalue weighted by Gasteiger charge is -2.02. The van der Waals surface area contributed by atoms with Crippen molar-refractivity contribution in [1.82, 2.24) is 9.97 Å². The molecule has 2 heterocycles. The predicted molar refractivity (Wildman–Crippen MR) is 92.1 cm³/mol. The molecule has 0 aliphatic rings. The SMILES string of the molecule is Cc1nc(SCCC(N)=O)c2cc(-c3ccccc3)sc2n1. The van der Waals surface area contributed by atoms with Gasteiger partial charge in [-0.2, -0.15) is 0 Å². The van der Waals surface area contributed by atoms with Crippen LogP contribution in [0.1, 0.15) is 12.2 Å². The molecule has 4 nitrogen and oxygen atoms in total. The smallest absolute Gasteiger partial charge is 0.218 e. The molecule has 6 heteroatoms. The number of hydrogen-bond donors (Lipinski definition) is 1. The summed E-state index contributed by atoms with van der Waals surface area (Å²) in [5, 5.41) is 1.96. The van der Waals surface area contributed by atoms with E-state index in [1.807, 2.05) is 25.1 Å². The van der Waals surface area contributed by atoms with Crippen LogP contribution in [-0.2, 0) is 4.79 Å². The van der Waals surface area contributed by atoms with Gasteiger partial charge in [0.05, 0.1) is 0 Å². The number of aromatic nitrogens is 2. The molecule has 3 rings (SSSR count). The number of thioether (sulfide) groups is 1. The van der Waals surface area contributed by atoms with Crippen molar-refractivity contribution >= 4 is 39.2 Å². The number of rotatable bonds is 5. The topological polar surface area (TPSA) is 68.9 Å². The molecule has 1 amide bonds. The fourth-order valence-electron chi connectivity index (χ4n) is 2.10. The minimum Gasteiger partial charge on any atom is -0.370 e. The second-order valence-corrected chi connectivity index (χ2v) is 6.95. The van der Waals surface area contributed by atoms with Crippen LogP contribution in [0.3, 0.4) is 0 Å². The molecule has 0 fully saturated rings. The molecule has 112 valence electrons. The highest BCUT2D eigenvalue weighted by Crippen LogP contribution is 2.36. The molecule has 0 saturated carbocycles. The molecule has 2 N–H and O–H groups in total. The first kappa shape index (κ1) is 15.0. The van der Waals surface area contributed by atoms with E-state index in [1.54, 1.807) is 23.1 Å². The van der Waals surface area contributed by atoms with Gasteiger partial charge < -0.3 is 5.73 Å². The van der Waals surface area contributed by atoms with Crippen molar-refractivity contribution in [2.45, 2.75) is 18.4 Å². The molecule has 0 unspecified atom stereocenters. The first-order valence-electron chi connectivity index (χ1n) is 6.88. The summed E-state index contributed by atoms with van der Waals surface area (Å²) in [7, 11) is 0. The second-order valence-electron chi connectivity index (χ2n) is 4.84. The Kier molecular flexibility index (Phi) is 4.40. The quantitative estimate of drug-likeness (QED) is 0.573. The predicted octanol–water partition coefficient (Wildman–Crippen LogP) is 3.63. The number of nitrogens with two attached hydrogens (primary N) is 1. The van der Waals surface area contributed by atoms with E-state index in [0.29, 0.717) is 12.2 Å². The number of thiophene rings is 1. The van der Waals surface area contributed by atoms with Crippen molar-refractivity contribution in [3.8, 4) is 10.4 Å². The van der Waals surface area contributed by atoms with Gasteiger partial charge in [0.2, 0.25) is 5.91 Å². The third kappa shape index (κ3) is 3.28. The Bertz CT molecular complexity index is 815. The highest BCUT2D eigenvalue weighted by molar-refractivity contribution is 7.99. The van der Waals surface area contributed by atoms with Crippen LogP contribution in [0.4, 0.5) is 0 Å². The van der Waals surface area contributed by atoms with E-state index in [1.165, 1.54) is 10.4 Å². The van der Waals surface area contributed by atoms with E-state index in [-0.39, 0.29) is 5.91 Å². The Balaban J connectivity index is 1.98. The normalized spacial score (nSPS) is 11.0. The van der Waals surface area contributed by atoms with Crippen molar-refractivity contribution in [2.24, 2.45) is 5.73 Å². The van der Waals surface area contributed by atoms with Gasteiger partial charge in [-0.25, -0.2) is 9.97 Å². The number of amides is 1. The average molecular weight is 329 g/mol. The number of primary amides is 1. The zero-order valence-corrected chi connectivity index (χ0v) is 13.7. The minimum atomic E-state index is -0.287. The van der Waals surface area contributed by atoms with Crippen LogP contribution in [0.25, 0.3) is 20.7 Å². The third-order valence-electron chi connectivity index (χ3n) is 3.12. The summed E-state index contributed by atoms with van der Waals surface area (Å²) in [4.78, 5) is 22.1. The van der Waals surface area contributed by atoms with E-state index in [9.17, 15) is 4.79 Å². The van der Waals surface area contributed by atoms with Crippen molar-refractivity contribution in [3.63, 3.8) is 0 Å². The van der Waals surface area contributed by atoms with Crippen molar-refractivity contribution in [3.05, 3.63) is 42.2 Å². The van der Waals surface area contributed by atoms with E-state index >= 15 is 0 Å². The molecule has 0 atom stereocenters. The molecule has 0 radical (unpaired) electrons. The maximum atomic E-state index is 10.9. The van der Waals surface area contributed by atoms with Crippen molar-refractivity contribution in [2.75, 3.05) is 5.75 Å².